The molecule has 1 saturated carbocycles. The molecule has 5 heteroatoms. The van der Waals surface area contributed by atoms with Crippen molar-refractivity contribution < 1.29 is 14.7 Å². The Kier molecular flexibility index (Phi) is 40.5. The van der Waals surface area contributed by atoms with Gasteiger partial charge in [0, 0.05) is 11.4 Å². The van der Waals surface area contributed by atoms with E-state index in [1.807, 2.05) is 62.3 Å². The molecule has 0 spiro atoms. The van der Waals surface area contributed by atoms with Crippen LogP contribution in [0.5, 0.6) is 0 Å². The van der Waals surface area contributed by atoms with Crippen molar-refractivity contribution in [2.75, 3.05) is 0 Å². The number of aliphatic imine (C=N–C) groups is 1. The lowest BCUT2D eigenvalue weighted by molar-refractivity contribution is -0.119. The first-order valence-electron chi connectivity index (χ1n) is 11.8. The normalized spacial score (nSPS) is 20.6. The first-order valence-corrected chi connectivity index (χ1v) is 11.8. The molecule has 2 unspecified atom stereocenters. The largest absolute Gasteiger partial charge is 0.412 e. The average Bonchev–Trinajstić information content (AvgIpc) is 3.09. The van der Waals surface area contributed by atoms with Gasteiger partial charge in [-0.3, -0.25) is 9.79 Å². The number of halogens is 1. The lowest BCUT2D eigenvalue weighted by Crippen LogP contribution is -2.26. The van der Waals surface area contributed by atoms with Crippen molar-refractivity contribution in [2.45, 2.75) is 129 Å². The number of hydrogen-bond donors (Lipinski definition) is 1. The van der Waals surface area contributed by atoms with Crippen LogP contribution in [0, 0.1) is 17.8 Å². The minimum atomic E-state index is -0.706. The van der Waals surface area contributed by atoms with Crippen molar-refractivity contribution in [3.8, 4) is 0 Å². The minimum Gasteiger partial charge on any atom is -0.412 e. The molecule has 0 radical (unpaired) electrons. The summed E-state index contributed by atoms with van der Waals surface area (Å²) in [7, 11) is 0. The van der Waals surface area contributed by atoms with Gasteiger partial charge in [0.1, 0.15) is 6.17 Å². The topological polar surface area (TPSA) is 86.9 Å². The molecule has 1 rings (SSSR count). The molecule has 0 aromatic heterocycles. The zero-order valence-corrected chi connectivity index (χ0v) is 22.4. The highest BCUT2D eigenvalue weighted by Gasteiger charge is 2.32. The van der Waals surface area contributed by atoms with E-state index in [4.69, 9.17) is 5.73 Å². The van der Waals surface area contributed by atoms with Gasteiger partial charge >= 0.3 is 0 Å². The molecular weight excluding hydrogens is 391 g/mol. The summed E-state index contributed by atoms with van der Waals surface area (Å²) in [5, 5.41) is 0. The summed E-state index contributed by atoms with van der Waals surface area (Å²) in [5.74, 6) is -0.336. The number of unbranched alkanes of at least 4 members (excludes halogenated alkanes) is 1. The van der Waals surface area contributed by atoms with Crippen LogP contribution in [-0.2, 0) is 4.79 Å². The molecule has 0 aliphatic heterocycles. The number of nitrogens with zero attached hydrogens (tertiary/aromatic N) is 1. The third-order valence-corrected chi connectivity index (χ3v) is 4.86. The molecule has 0 aromatic carbocycles. The smallest absolute Gasteiger partial charge is 0.225 e. The van der Waals surface area contributed by atoms with E-state index in [0.717, 1.165) is 17.7 Å². The summed E-state index contributed by atoms with van der Waals surface area (Å²) in [6.07, 6.45) is 3.40. The second-order valence-electron chi connectivity index (χ2n) is 6.81. The first-order chi connectivity index (χ1) is 13.6. The molecule has 192 valence electrons. The fourth-order valence-corrected chi connectivity index (χ4v) is 2.50. The van der Waals surface area contributed by atoms with E-state index in [1.165, 1.54) is 12.8 Å². The quantitative estimate of drug-likeness (QED) is 0.423. The Morgan fingerprint density at radius 2 is 1.39 bits per heavy atom. The molecular formula is C26H59FN2O2. The number of carbonyl (C=O) groups excluding carboxylic acids is 1. The van der Waals surface area contributed by atoms with E-state index in [9.17, 15) is 9.18 Å². The van der Waals surface area contributed by atoms with E-state index in [1.54, 1.807) is 13.8 Å². The molecule has 1 amide bonds. The SMILES string of the molecule is C.CC.CC.CC.CC(=N/C(C)=C(\C)C1C[C@@H](C)[C@@H](F)C1)C(C)C(N)=O.CCCC.O. The second kappa shape index (κ2) is 28.8. The summed E-state index contributed by atoms with van der Waals surface area (Å²) < 4.78 is 13.6. The molecule has 4 atom stereocenters. The van der Waals surface area contributed by atoms with E-state index in [0.29, 0.717) is 12.1 Å². The van der Waals surface area contributed by atoms with Crippen LogP contribution in [-0.4, -0.2) is 23.3 Å². The van der Waals surface area contributed by atoms with Gasteiger partial charge in [-0.15, -0.1) is 0 Å². The lowest BCUT2D eigenvalue weighted by Gasteiger charge is -2.13. The van der Waals surface area contributed by atoms with Crippen molar-refractivity contribution in [2.24, 2.45) is 28.5 Å². The van der Waals surface area contributed by atoms with Crippen LogP contribution in [0.25, 0.3) is 0 Å². The van der Waals surface area contributed by atoms with Crippen LogP contribution >= 0.6 is 0 Å². The molecule has 4 nitrogen and oxygen atoms in total. The van der Waals surface area contributed by atoms with Crippen molar-refractivity contribution in [1.82, 2.24) is 0 Å². The van der Waals surface area contributed by atoms with Crippen LogP contribution in [0.3, 0.4) is 0 Å². The lowest BCUT2D eigenvalue weighted by atomic mass is 9.96. The van der Waals surface area contributed by atoms with Gasteiger partial charge in [0.05, 0.1) is 5.92 Å². The van der Waals surface area contributed by atoms with Crippen molar-refractivity contribution >= 4 is 11.6 Å². The molecule has 1 aliphatic carbocycles. The van der Waals surface area contributed by atoms with E-state index in [-0.39, 0.29) is 36.6 Å². The number of rotatable bonds is 5. The number of nitrogens with two attached hydrogens (primary N) is 1. The molecule has 4 N–H and O–H groups in total. The average molecular weight is 451 g/mol. The number of hydrogen-bond acceptors (Lipinski definition) is 2. The Morgan fingerprint density at radius 3 is 1.65 bits per heavy atom. The van der Waals surface area contributed by atoms with Gasteiger partial charge in [0.15, 0.2) is 0 Å². The number of carbonyl (C=O) groups is 1. The van der Waals surface area contributed by atoms with Crippen LogP contribution in [0.2, 0.25) is 0 Å². The van der Waals surface area contributed by atoms with Crippen molar-refractivity contribution in [3.63, 3.8) is 0 Å². The predicted molar refractivity (Wildman–Crippen MR) is 142 cm³/mol. The molecule has 1 fully saturated rings. The fraction of sp³-hybridized carbons (Fsp3) is 0.846. The van der Waals surface area contributed by atoms with Crippen molar-refractivity contribution in [3.05, 3.63) is 11.3 Å². The highest BCUT2D eigenvalue weighted by molar-refractivity contribution is 6.02. The fourth-order valence-electron chi connectivity index (χ4n) is 2.50. The van der Waals surface area contributed by atoms with Gasteiger partial charge in [0.2, 0.25) is 5.91 Å². The number of allylic oxidation sites excluding steroid dienone is 2. The molecule has 0 bridgehead atoms. The zero-order chi connectivity index (χ0) is 24.2. The number of primary amides is 1. The third-order valence-electron chi connectivity index (χ3n) is 4.86. The molecule has 31 heavy (non-hydrogen) atoms. The minimum absolute atomic E-state index is 0. The van der Waals surface area contributed by atoms with Crippen molar-refractivity contribution in [1.29, 1.82) is 0 Å². The Hall–Kier alpha value is -1.23. The van der Waals surface area contributed by atoms with Gasteiger partial charge < -0.3 is 11.2 Å². The first kappa shape index (κ1) is 43.6. The summed E-state index contributed by atoms with van der Waals surface area (Å²) in [6.45, 7) is 25.8. The standard InChI is InChI=1S/C15H25FN2O.C4H10.3C2H6.CH4.H2O/c1-8-6-13(7-14(8)16)9(2)11(4)18-12(5)10(3)15(17)19;1-3-4-2;3*1-2;;/h8,10,13-14H,6-7H2,1-5H3,(H2,17,19);3-4H2,1-2H3;3*1-2H3;1H4;1H2/b11-9+,18-12?;;;;;;/t8-,10?,13?,14+;;;;;;/m1....../s1. The number of amides is 1. The molecule has 0 heterocycles. The zero-order valence-electron chi connectivity index (χ0n) is 22.4. The van der Waals surface area contributed by atoms with Gasteiger partial charge in [-0.05, 0) is 57.9 Å². The number of alkyl halides is 1. The third kappa shape index (κ3) is 20.4. The summed E-state index contributed by atoms with van der Waals surface area (Å²) in [6, 6.07) is 0. The maximum absolute atomic E-state index is 13.6. The Morgan fingerprint density at radius 1 is 1.00 bits per heavy atom. The van der Waals surface area contributed by atoms with Gasteiger partial charge in [-0.1, -0.05) is 82.6 Å². The molecule has 1 aliphatic rings. The summed E-state index contributed by atoms with van der Waals surface area (Å²) in [5.41, 5.74) is 7.99. The van der Waals surface area contributed by atoms with E-state index in [2.05, 4.69) is 18.8 Å². The summed E-state index contributed by atoms with van der Waals surface area (Å²) in [4.78, 5) is 15.6. The highest BCUT2D eigenvalue weighted by Crippen LogP contribution is 2.38. The van der Waals surface area contributed by atoms with Gasteiger partial charge in [0.25, 0.3) is 0 Å². The van der Waals surface area contributed by atoms with Crippen LogP contribution in [0.15, 0.2) is 16.3 Å². The summed E-state index contributed by atoms with van der Waals surface area (Å²) >= 11 is 0. The molecule has 0 aromatic rings. The van der Waals surface area contributed by atoms with Crippen LogP contribution < -0.4 is 5.73 Å². The Bertz CT molecular complexity index is 437. The van der Waals surface area contributed by atoms with Crippen LogP contribution in [0.4, 0.5) is 4.39 Å². The van der Waals surface area contributed by atoms with Gasteiger partial charge in [-0.25, -0.2) is 4.39 Å². The Balaban J connectivity index is -0.000000112. The van der Waals surface area contributed by atoms with Crippen LogP contribution in [0.1, 0.15) is 123 Å². The van der Waals surface area contributed by atoms with E-state index >= 15 is 0 Å². The van der Waals surface area contributed by atoms with Gasteiger partial charge in [-0.2, -0.15) is 0 Å². The second-order valence-corrected chi connectivity index (χ2v) is 6.81. The van der Waals surface area contributed by atoms with E-state index < -0.39 is 6.17 Å². The predicted octanol–water partition coefficient (Wildman–Crippen LogP) is 7.94. The Labute approximate surface area is 195 Å². The monoisotopic (exact) mass is 450 g/mol. The highest BCUT2D eigenvalue weighted by atomic mass is 19.1. The maximum Gasteiger partial charge on any atom is 0.225 e. The molecule has 0 saturated heterocycles. The maximum atomic E-state index is 13.6.